The summed E-state index contributed by atoms with van der Waals surface area (Å²) in [6.45, 7) is 1.97. The quantitative estimate of drug-likeness (QED) is 0.910. The van der Waals surface area contributed by atoms with E-state index in [0.29, 0.717) is 18.1 Å². The number of carbonyl (C=O) groups is 1. The molecule has 1 aliphatic heterocycles. The van der Waals surface area contributed by atoms with Crippen LogP contribution in [0.15, 0.2) is 30.3 Å². The smallest absolute Gasteiger partial charge is 0.410 e. The zero-order valence-electron chi connectivity index (χ0n) is 12.5. The molecule has 1 aromatic rings. The van der Waals surface area contributed by atoms with E-state index >= 15 is 0 Å². The Balaban J connectivity index is 1.47. The summed E-state index contributed by atoms with van der Waals surface area (Å²) in [4.78, 5) is 14.0. The average molecular weight is 288 g/mol. The molecule has 1 unspecified atom stereocenters. The highest BCUT2D eigenvalue weighted by atomic mass is 16.6. The number of hydrogen-bond donors (Lipinski definition) is 1. The van der Waals surface area contributed by atoms with Crippen LogP contribution in [0.2, 0.25) is 0 Å². The Labute approximate surface area is 126 Å². The third kappa shape index (κ3) is 3.38. The number of nitrogens with two attached hydrogens (primary N) is 1. The summed E-state index contributed by atoms with van der Waals surface area (Å²) >= 11 is 0. The summed E-state index contributed by atoms with van der Waals surface area (Å²) in [5.41, 5.74) is 7.47. The summed E-state index contributed by atoms with van der Waals surface area (Å²) in [7, 11) is 0. The van der Waals surface area contributed by atoms with Crippen LogP contribution in [0, 0.1) is 5.41 Å². The van der Waals surface area contributed by atoms with Crippen molar-refractivity contribution in [2.75, 3.05) is 13.1 Å². The van der Waals surface area contributed by atoms with E-state index in [9.17, 15) is 4.79 Å². The van der Waals surface area contributed by atoms with Gasteiger partial charge in [-0.25, -0.2) is 4.79 Å². The van der Waals surface area contributed by atoms with E-state index in [1.54, 1.807) is 0 Å². The van der Waals surface area contributed by atoms with Crippen molar-refractivity contribution in [3.8, 4) is 0 Å². The lowest BCUT2D eigenvalue weighted by atomic mass is 9.77. The van der Waals surface area contributed by atoms with Gasteiger partial charge in [0.2, 0.25) is 0 Å². The van der Waals surface area contributed by atoms with E-state index in [-0.39, 0.29) is 6.09 Å². The molecule has 4 heteroatoms. The maximum absolute atomic E-state index is 12.1. The molecule has 2 N–H and O–H groups in total. The minimum Gasteiger partial charge on any atom is -0.445 e. The highest BCUT2D eigenvalue weighted by Gasteiger charge is 2.41. The predicted octanol–water partition coefficient (Wildman–Crippen LogP) is 2.92. The minimum atomic E-state index is -0.184. The SMILES string of the molecule is NC1CCC2(CCN(C(=O)OCc3ccccc3)CC2)C1. The number of piperidine rings is 1. The monoisotopic (exact) mass is 288 g/mol. The van der Waals surface area contributed by atoms with Crippen molar-refractivity contribution in [3.63, 3.8) is 0 Å². The first-order valence-corrected chi connectivity index (χ1v) is 7.88. The summed E-state index contributed by atoms with van der Waals surface area (Å²) in [6.07, 6.45) is 5.44. The van der Waals surface area contributed by atoms with Crippen LogP contribution in [0.3, 0.4) is 0 Å². The summed E-state index contributed by atoms with van der Waals surface area (Å²) in [5, 5.41) is 0. The molecule has 1 heterocycles. The first-order chi connectivity index (χ1) is 10.2. The number of benzene rings is 1. The van der Waals surface area contributed by atoms with Crippen molar-refractivity contribution >= 4 is 6.09 Å². The van der Waals surface area contributed by atoms with E-state index in [1.165, 1.54) is 6.42 Å². The number of ether oxygens (including phenoxy) is 1. The second-order valence-corrected chi connectivity index (χ2v) is 6.53. The molecule has 4 nitrogen and oxygen atoms in total. The molecule has 1 saturated carbocycles. The third-order valence-electron chi connectivity index (χ3n) is 5.03. The molecule has 3 rings (SSSR count). The van der Waals surface area contributed by atoms with Gasteiger partial charge in [-0.15, -0.1) is 0 Å². The maximum atomic E-state index is 12.1. The van der Waals surface area contributed by atoms with Gasteiger partial charge in [0.25, 0.3) is 0 Å². The average Bonchev–Trinajstić information content (AvgIpc) is 2.87. The highest BCUT2D eigenvalue weighted by molar-refractivity contribution is 5.67. The Morgan fingerprint density at radius 3 is 2.57 bits per heavy atom. The Morgan fingerprint density at radius 2 is 1.95 bits per heavy atom. The van der Waals surface area contributed by atoms with Crippen LogP contribution < -0.4 is 5.73 Å². The van der Waals surface area contributed by atoms with Crippen LogP contribution >= 0.6 is 0 Å². The van der Waals surface area contributed by atoms with Gasteiger partial charge in [-0.3, -0.25) is 0 Å². The van der Waals surface area contributed by atoms with Gasteiger partial charge in [0.05, 0.1) is 0 Å². The largest absolute Gasteiger partial charge is 0.445 e. The van der Waals surface area contributed by atoms with Crippen LogP contribution in [-0.4, -0.2) is 30.1 Å². The van der Waals surface area contributed by atoms with E-state index in [4.69, 9.17) is 10.5 Å². The van der Waals surface area contributed by atoms with Crippen LogP contribution in [0.4, 0.5) is 4.79 Å². The van der Waals surface area contributed by atoms with Crippen molar-refractivity contribution in [2.45, 2.75) is 44.8 Å². The van der Waals surface area contributed by atoms with Gasteiger partial charge >= 0.3 is 6.09 Å². The lowest BCUT2D eigenvalue weighted by molar-refractivity contribution is 0.0625. The number of rotatable bonds is 2. The van der Waals surface area contributed by atoms with Gasteiger partial charge in [0.1, 0.15) is 6.61 Å². The Kier molecular flexibility index (Phi) is 4.15. The van der Waals surface area contributed by atoms with Gasteiger partial charge in [-0.05, 0) is 43.1 Å². The second kappa shape index (κ2) is 6.06. The second-order valence-electron chi connectivity index (χ2n) is 6.53. The standard InChI is InChI=1S/C17H24N2O2/c18-15-6-7-17(12-15)8-10-19(11-9-17)16(20)21-13-14-4-2-1-3-5-14/h1-5,15H,6-13,18H2. The van der Waals surface area contributed by atoms with Crippen molar-refractivity contribution in [1.29, 1.82) is 0 Å². The Morgan fingerprint density at radius 1 is 1.24 bits per heavy atom. The number of nitrogens with zero attached hydrogens (tertiary/aromatic N) is 1. The Bertz CT molecular complexity index is 481. The van der Waals surface area contributed by atoms with Crippen LogP contribution in [0.25, 0.3) is 0 Å². The molecule has 2 fully saturated rings. The number of amides is 1. The first-order valence-electron chi connectivity index (χ1n) is 7.88. The zero-order chi connectivity index (χ0) is 14.7. The van der Waals surface area contributed by atoms with Crippen molar-refractivity contribution in [3.05, 3.63) is 35.9 Å². The molecule has 0 aromatic heterocycles. The van der Waals surface area contributed by atoms with Gasteiger partial charge in [0, 0.05) is 19.1 Å². The maximum Gasteiger partial charge on any atom is 0.410 e. The lowest BCUT2D eigenvalue weighted by Crippen LogP contribution is -2.43. The first kappa shape index (κ1) is 14.4. The van der Waals surface area contributed by atoms with Crippen LogP contribution in [0.5, 0.6) is 0 Å². The van der Waals surface area contributed by atoms with E-state index < -0.39 is 0 Å². The summed E-state index contributed by atoms with van der Waals surface area (Å²) < 4.78 is 5.40. The van der Waals surface area contributed by atoms with Crippen molar-refractivity contribution in [1.82, 2.24) is 4.90 Å². The third-order valence-corrected chi connectivity index (χ3v) is 5.03. The van der Waals surface area contributed by atoms with Gasteiger partial charge in [-0.1, -0.05) is 30.3 Å². The minimum absolute atomic E-state index is 0.184. The highest BCUT2D eigenvalue weighted by Crippen LogP contribution is 2.45. The molecule has 1 atom stereocenters. The summed E-state index contributed by atoms with van der Waals surface area (Å²) in [6, 6.07) is 10.2. The van der Waals surface area contributed by atoms with Crippen molar-refractivity contribution < 1.29 is 9.53 Å². The van der Waals surface area contributed by atoms with E-state index in [0.717, 1.165) is 44.3 Å². The fraction of sp³-hybridized carbons (Fsp3) is 0.588. The van der Waals surface area contributed by atoms with E-state index in [1.807, 2.05) is 35.2 Å². The molecule has 0 radical (unpaired) electrons. The molecule has 2 aliphatic rings. The van der Waals surface area contributed by atoms with Gasteiger partial charge in [0.15, 0.2) is 0 Å². The molecule has 1 amide bonds. The number of carbonyl (C=O) groups excluding carboxylic acids is 1. The van der Waals surface area contributed by atoms with Crippen LogP contribution in [-0.2, 0) is 11.3 Å². The predicted molar refractivity (Wildman–Crippen MR) is 81.7 cm³/mol. The topological polar surface area (TPSA) is 55.6 Å². The molecule has 1 saturated heterocycles. The molecule has 1 spiro atoms. The fourth-order valence-corrected chi connectivity index (χ4v) is 3.68. The normalized spacial score (nSPS) is 24.2. The molecule has 21 heavy (non-hydrogen) atoms. The molecule has 114 valence electrons. The number of hydrogen-bond acceptors (Lipinski definition) is 3. The van der Waals surface area contributed by atoms with Crippen molar-refractivity contribution in [2.24, 2.45) is 11.1 Å². The molecule has 1 aliphatic carbocycles. The number of likely N-dealkylation sites (tertiary alicyclic amines) is 1. The molecular weight excluding hydrogens is 264 g/mol. The molecule has 0 bridgehead atoms. The zero-order valence-corrected chi connectivity index (χ0v) is 12.5. The van der Waals surface area contributed by atoms with Gasteiger partial charge < -0.3 is 15.4 Å². The molecular formula is C17H24N2O2. The van der Waals surface area contributed by atoms with Gasteiger partial charge in [-0.2, -0.15) is 0 Å². The Hall–Kier alpha value is -1.55. The molecule has 1 aromatic carbocycles. The summed E-state index contributed by atoms with van der Waals surface area (Å²) in [5.74, 6) is 0. The fourth-order valence-electron chi connectivity index (χ4n) is 3.68. The van der Waals surface area contributed by atoms with Crippen LogP contribution in [0.1, 0.15) is 37.7 Å². The lowest BCUT2D eigenvalue weighted by Gasteiger charge is -2.38. The van der Waals surface area contributed by atoms with E-state index in [2.05, 4.69) is 0 Å².